The smallest absolute Gasteiger partial charge is 0.408 e. The number of hydrogen-bond acceptors (Lipinski definition) is 4. The van der Waals surface area contributed by atoms with Gasteiger partial charge in [-0.2, -0.15) is 0 Å². The van der Waals surface area contributed by atoms with E-state index in [0.29, 0.717) is 18.5 Å². The molecule has 0 aromatic heterocycles. The van der Waals surface area contributed by atoms with Crippen LogP contribution in [-0.4, -0.2) is 40.0 Å². The Labute approximate surface area is 250 Å². The van der Waals surface area contributed by atoms with E-state index in [-0.39, 0.29) is 18.2 Å². The lowest BCUT2D eigenvalue weighted by molar-refractivity contribution is -0.149. The molecule has 2 unspecified atom stereocenters. The van der Waals surface area contributed by atoms with E-state index in [2.05, 4.69) is 10.6 Å². The molecule has 0 saturated carbocycles. The molecule has 7 heteroatoms. The van der Waals surface area contributed by atoms with Gasteiger partial charge >= 0.3 is 6.09 Å². The number of rotatable bonds is 11. The van der Waals surface area contributed by atoms with E-state index in [4.69, 9.17) is 4.74 Å². The Morgan fingerprint density at radius 2 is 1.36 bits per heavy atom. The monoisotopic (exact) mass is 571 g/mol. The molecule has 0 radical (unpaired) electrons. The molecule has 224 valence electrons. The molecule has 3 amide bonds. The van der Waals surface area contributed by atoms with Crippen LogP contribution in [-0.2, 0) is 27.3 Å². The molecule has 0 spiro atoms. The Morgan fingerprint density at radius 1 is 0.810 bits per heavy atom. The van der Waals surface area contributed by atoms with Crippen LogP contribution in [0.2, 0.25) is 0 Å². The van der Waals surface area contributed by atoms with E-state index >= 15 is 0 Å². The third-order valence-electron chi connectivity index (χ3n) is 7.24. The van der Waals surface area contributed by atoms with Gasteiger partial charge in [0, 0.05) is 18.5 Å². The van der Waals surface area contributed by atoms with E-state index < -0.39 is 29.3 Å². The number of nitrogens with one attached hydrogen (secondary N) is 2. The van der Waals surface area contributed by atoms with Crippen molar-refractivity contribution in [1.29, 1.82) is 0 Å². The lowest BCUT2D eigenvalue weighted by Crippen LogP contribution is -2.59. The number of nitrogens with zero attached hydrogens (tertiary/aromatic N) is 1. The SMILES string of the molecule is CCC(C)(C)N(C(=O)C(Cc1ccccc1)NC(=O)OC(C)(C)C)C(C(=O)NCc1ccccc1)c1ccc(C)cc1. The second kappa shape index (κ2) is 14.2. The number of alkyl carbamates (subject to hydrolysis) is 1. The van der Waals surface area contributed by atoms with Crippen LogP contribution < -0.4 is 10.6 Å². The maximum Gasteiger partial charge on any atom is 0.408 e. The number of amides is 3. The predicted molar refractivity (Wildman–Crippen MR) is 167 cm³/mol. The Balaban J connectivity index is 2.07. The van der Waals surface area contributed by atoms with E-state index in [0.717, 1.165) is 16.7 Å². The summed E-state index contributed by atoms with van der Waals surface area (Å²) in [6.07, 6.45) is 0.130. The molecule has 7 nitrogen and oxygen atoms in total. The van der Waals surface area contributed by atoms with Crippen molar-refractivity contribution in [3.05, 3.63) is 107 Å². The Bertz CT molecular complexity index is 1320. The van der Waals surface area contributed by atoms with Crippen LogP contribution in [0.15, 0.2) is 84.9 Å². The molecule has 0 aliphatic heterocycles. The molecule has 3 aromatic rings. The normalized spacial score (nSPS) is 13.0. The fourth-order valence-corrected chi connectivity index (χ4v) is 4.66. The minimum atomic E-state index is -0.969. The van der Waals surface area contributed by atoms with Gasteiger partial charge in [-0.25, -0.2) is 4.79 Å². The van der Waals surface area contributed by atoms with Crippen LogP contribution in [0.3, 0.4) is 0 Å². The third-order valence-corrected chi connectivity index (χ3v) is 7.24. The van der Waals surface area contributed by atoms with Crippen LogP contribution in [0, 0.1) is 6.92 Å². The first-order valence-electron chi connectivity index (χ1n) is 14.6. The van der Waals surface area contributed by atoms with E-state index in [1.54, 1.807) is 25.7 Å². The standard InChI is InChI=1S/C35H45N3O4/c1-8-35(6,7)38(32(40)29(23-26-15-11-9-12-16-26)37-33(41)42-34(3,4)5)30(28-21-19-25(2)20-22-28)31(39)36-24-27-17-13-10-14-18-27/h9-22,29-30H,8,23-24H2,1-7H3,(H,36,39)(H,37,41). The molecule has 0 fully saturated rings. The summed E-state index contributed by atoms with van der Waals surface area (Å²) in [4.78, 5) is 43.4. The van der Waals surface area contributed by atoms with Gasteiger partial charge in [0.15, 0.2) is 0 Å². The number of aryl methyl sites for hydroxylation is 1. The van der Waals surface area contributed by atoms with Crippen molar-refractivity contribution in [2.24, 2.45) is 0 Å². The average molecular weight is 572 g/mol. The van der Waals surface area contributed by atoms with Crippen molar-refractivity contribution < 1.29 is 19.1 Å². The number of hydrogen-bond donors (Lipinski definition) is 2. The van der Waals surface area contributed by atoms with Gasteiger partial charge in [-0.05, 0) is 64.7 Å². The second-order valence-electron chi connectivity index (χ2n) is 12.3. The Morgan fingerprint density at radius 3 is 1.88 bits per heavy atom. The molecular formula is C35H45N3O4. The van der Waals surface area contributed by atoms with E-state index in [1.165, 1.54) is 0 Å². The fraction of sp³-hybridized carbons (Fsp3) is 0.400. The molecule has 0 aliphatic rings. The summed E-state index contributed by atoms with van der Waals surface area (Å²) in [6, 6.07) is 24.9. The minimum absolute atomic E-state index is 0.238. The minimum Gasteiger partial charge on any atom is -0.444 e. The third kappa shape index (κ3) is 9.20. The Hall–Kier alpha value is -4.13. The molecule has 0 heterocycles. The molecule has 0 saturated heterocycles. The van der Waals surface area contributed by atoms with Gasteiger partial charge in [0.1, 0.15) is 17.7 Å². The molecule has 42 heavy (non-hydrogen) atoms. The number of carbonyl (C=O) groups is 3. The molecular weight excluding hydrogens is 526 g/mol. The van der Waals surface area contributed by atoms with Gasteiger partial charge in [-0.1, -0.05) is 97.4 Å². The van der Waals surface area contributed by atoms with Crippen LogP contribution in [0.1, 0.15) is 76.3 Å². The fourth-order valence-electron chi connectivity index (χ4n) is 4.66. The highest BCUT2D eigenvalue weighted by Crippen LogP contribution is 2.33. The summed E-state index contributed by atoms with van der Waals surface area (Å²) in [5, 5.41) is 5.89. The molecule has 3 aromatic carbocycles. The van der Waals surface area contributed by atoms with E-state index in [1.807, 2.05) is 113 Å². The summed E-state index contributed by atoms with van der Waals surface area (Å²) >= 11 is 0. The van der Waals surface area contributed by atoms with Crippen molar-refractivity contribution in [2.45, 2.75) is 91.1 Å². The highest BCUT2D eigenvalue weighted by molar-refractivity contribution is 5.93. The zero-order chi connectivity index (χ0) is 30.9. The van der Waals surface area contributed by atoms with Gasteiger partial charge in [-0.3, -0.25) is 9.59 Å². The first-order valence-corrected chi connectivity index (χ1v) is 14.6. The van der Waals surface area contributed by atoms with Gasteiger partial charge in [-0.15, -0.1) is 0 Å². The van der Waals surface area contributed by atoms with Gasteiger partial charge in [0.25, 0.3) is 0 Å². The van der Waals surface area contributed by atoms with Gasteiger partial charge < -0.3 is 20.3 Å². The zero-order valence-corrected chi connectivity index (χ0v) is 25.9. The lowest BCUT2D eigenvalue weighted by Gasteiger charge is -2.44. The first kappa shape index (κ1) is 32.4. The summed E-state index contributed by atoms with van der Waals surface area (Å²) in [7, 11) is 0. The van der Waals surface area contributed by atoms with Crippen molar-refractivity contribution in [3.8, 4) is 0 Å². The first-order chi connectivity index (χ1) is 19.8. The summed E-state index contributed by atoms with van der Waals surface area (Å²) < 4.78 is 5.54. The lowest BCUT2D eigenvalue weighted by atomic mass is 9.91. The quantitative estimate of drug-likeness (QED) is 0.275. The molecule has 3 rings (SSSR count). The molecule has 2 atom stereocenters. The van der Waals surface area contributed by atoms with Crippen molar-refractivity contribution in [3.63, 3.8) is 0 Å². The van der Waals surface area contributed by atoms with Crippen LogP contribution in [0.25, 0.3) is 0 Å². The largest absolute Gasteiger partial charge is 0.444 e. The highest BCUT2D eigenvalue weighted by Gasteiger charge is 2.43. The molecule has 0 bridgehead atoms. The maximum atomic E-state index is 14.7. The van der Waals surface area contributed by atoms with Crippen LogP contribution in [0.4, 0.5) is 4.79 Å². The summed E-state index contributed by atoms with van der Waals surface area (Å²) in [5.74, 6) is -0.662. The van der Waals surface area contributed by atoms with Crippen molar-refractivity contribution in [2.75, 3.05) is 0 Å². The average Bonchev–Trinajstić information content (AvgIpc) is 2.94. The van der Waals surface area contributed by atoms with Crippen molar-refractivity contribution in [1.82, 2.24) is 15.5 Å². The number of benzene rings is 3. The summed E-state index contributed by atoms with van der Waals surface area (Å²) in [5.41, 5.74) is 2.09. The number of carbonyl (C=O) groups excluding carboxylic acids is 3. The predicted octanol–water partition coefficient (Wildman–Crippen LogP) is 6.51. The second-order valence-corrected chi connectivity index (χ2v) is 12.3. The molecule has 2 N–H and O–H groups in total. The van der Waals surface area contributed by atoms with Crippen LogP contribution in [0.5, 0.6) is 0 Å². The molecule has 0 aliphatic carbocycles. The van der Waals surface area contributed by atoms with E-state index in [9.17, 15) is 14.4 Å². The van der Waals surface area contributed by atoms with Crippen molar-refractivity contribution >= 4 is 17.9 Å². The zero-order valence-electron chi connectivity index (χ0n) is 25.9. The number of ether oxygens (including phenoxy) is 1. The van der Waals surface area contributed by atoms with Gasteiger partial charge in [0.2, 0.25) is 11.8 Å². The maximum absolute atomic E-state index is 14.7. The summed E-state index contributed by atoms with van der Waals surface area (Å²) in [6.45, 7) is 13.5. The topological polar surface area (TPSA) is 87.7 Å². The highest BCUT2D eigenvalue weighted by atomic mass is 16.6. The van der Waals surface area contributed by atoms with Crippen LogP contribution >= 0.6 is 0 Å². The Kier molecular flexibility index (Phi) is 10.9. The van der Waals surface area contributed by atoms with Gasteiger partial charge in [0.05, 0.1) is 0 Å².